The Morgan fingerprint density at radius 2 is 1.64 bits per heavy atom. The van der Waals surface area contributed by atoms with E-state index in [4.69, 9.17) is 0 Å². The fraction of sp³-hybridized carbons (Fsp3) is 0.544. The smallest absolute Gasteiger partial charge is 0.255 e. The van der Waals surface area contributed by atoms with Gasteiger partial charge in [0.05, 0.1) is 0 Å². The molecule has 2 atom stereocenters. The average molecular weight is 841 g/mol. The van der Waals surface area contributed by atoms with Crippen molar-refractivity contribution in [2.45, 2.75) is 162 Å². The van der Waals surface area contributed by atoms with Crippen molar-refractivity contribution in [3.05, 3.63) is 135 Å². The Morgan fingerprint density at radius 1 is 0.967 bits per heavy atom. The van der Waals surface area contributed by atoms with Crippen LogP contribution in [0.2, 0.25) is 0 Å². The lowest BCUT2D eigenvalue weighted by atomic mass is 9.36. The first-order valence-electron chi connectivity index (χ1n) is 23.6. The zero-order chi connectivity index (χ0) is 45.4. The average Bonchev–Trinajstić information content (AvgIpc) is 3.57. The summed E-state index contributed by atoms with van der Waals surface area (Å²) >= 11 is 1.99. The largest absolute Gasteiger partial charge is 0.316 e. The van der Waals surface area contributed by atoms with Gasteiger partial charge in [0.25, 0.3) is 6.71 Å². The highest BCUT2D eigenvalue weighted by atomic mass is 32.1. The maximum Gasteiger partial charge on any atom is 0.255 e. The van der Waals surface area contributed by atoms with Crippen molar-refractivity contribution in [3.8, 4) is 0 Å². The zero-order valence-corrected chi connectivity index (χ0v) is 42.8. The Morgan fingerprint density at radius 3 is 2.23 bits per heavy atom. The number of thiophene rings is 1. The van der Waals surface area contributed by atoms with E-state index in [9.17, 15) is 0 Å². The van der Waals surface area contributed by atoms with Gasteiger partial charge in [-0.15, -0.1) is 17.9 Å². The van der Waals surface area contributed by atoms with Crippen molar-refractivity contribution in [2.24, 2.45) is 28.6 Å². The van der Waals surface area contributed by atoms with Crippen LogP contribution in [0.5, 0.6) is 0 Å². The molecule has 2 aliphatic rings. The summed E-state index contributed by atoms with van der Waals surface area (Å²) in [7, 11) is 0. The van der Waals surface area contributed by atoms with Gasteiger partial charge in [-0.05, 0) is 151 Å². The van der Waals surface area contributed by atoms with Gasteiger partial charge in [-0.3, -0.25) is 0 Å². The molecule has 0 amide bonds. The maximum absolute atomic E-state index is 4.32. The molecule has 0 spiro atoms. The molecule has 0 radical (unpaired) electrons. The molecule has 0 saturated heterocycles. The van der Waals surface area contributed by atoms with Crippen molar-refractivity contribution < 1.29 is 0 Å². The lowest BCUT2D eigenvalue weighted by molar-refractivity contribution is 0.386. The second kappa shape index (κ2) is 21.4. The van der Waals surface area contributed by atoms with E-state index in [0.717, 1.165) is 38.8 Å². The standard InChI is InChI=1S/C57H85BN2S/c1-19-22-45(28-30-55(10,11)12)51(29-31-56(13,14)15)60-43(9)49(36-46-34-41(7)24-25-42(46)8)58(54-37-47-35-48(57(16,17)18)26-27-53(47)61-54)50(52(60)33-39(3)4)38-59-32-21-23-44(20-2)40(5)6/h19-21,23,26-29,33,35-37,40-42,59H,1,22,24-25,30-32,34,38H2,2-18H3/b23-21-,44-20+,45-28-,46-36+,51-29+. The molecule has 2 aromatic rings. The van der Waals surface area contributed by atoms with Crippen LogP contribution in [0.1, 0.15) is 162 Å². The molecule has 2 heterocycles. The molecule has 1 aliphatic heterocycles. The fourth-order valence-corrected chi connectivity index (χ4v) is 9.90. The van der Waals surface area contributed by atoms with Crippen molar-refractivity contribution >= 4 is 32.9 Å². The van der Waals surface area contributed by atoms with Crippen LogP contribution in [0, 0.1) is 28.6 Å². The highest BCUT2D eigenvalue weighted by Crippen LogP contribution is 2.43. The maximum atomic E-state index is 4.32. The summed E-state index contributed by atoms with van der Waals surface area (Å²) < 4.78 is 2.80. The van der Waals surface area contributed by atoms with E-state index in [1.165, 1.54) is 78.0 Å². The first kappa shape index (κ1) is 50.3. The SMILES string of the molecule is C=CCC(=C/CC(C)(C)C)/C(=C\CC(C)(C)C)N1C(C)=C(/C=C2\CC(C)CCC2C)B(c2cc3cc(C(C)(C)C)ccc3s2)C(CNC/C=C\C(=C/C)C(C)C)=C1C=C(C)C. The van der Waals surface area contributed by atoms with Crippen molar-refractivity contribution in [2.75, 3.05) is 13.1 Å². The molecule has 4 heteroatoms. The van der Waals surface area contributed by atoms with Crippen LogP contribution < -0.4 is 10.1 Å². The second-order valence-electron chi connectivity index (χ2n) is 22.4. The Labute approximate surface area is 380 Å². The van der Waals surface area contributed by atoms with Gasteiger partial charge < -0.3 is 10.2 Å². The lowest BCUT2D eigenvalue weighted by Crippen LogP contribution is -2.45. The van der Waals surface area contributed by atoms with Gasteiger partial charge in [0.2, 0.25) is 0 Å². The number of benzene rings is 1. The molecule has 332 valence electrons. The number of fused-ring (bicyclic) bond motifs is 1. The Hall–Kier alpha value is -3.34. The van der Waals surface area contributed by atoms with Crippen LogP contribution in [0.4, 0.5) is 0 Å². The predicted molar refractivity (Wildman–Crippen MR) is 277 cm³/mol. The molecule has 0 bridgehead atoms. The van der Waals surface area contributed by atoms with Crippen molar-refractivity contribution in [3.63, 3.8) is 0 Å². The molecule has 1 saturated carbocycles. The molecule has 2 unspecified atom stereocenters. The van der Waals surface area contributed by atoms with Crippen LogP contribution in [0.3, 0.4) is 0 Å². The summed E-state index contributed by atoms with van der Waals surface area (Å²) in [4.78, 5) is 2.69. The minimum atomic E-state index is 0.0858. The van der Waals surface area contributed by atoms with E-state index in [1.807, 2.05) is 11.3 Å². The third kappa shape index (κ3) is 14.1. The molecule has 2 nitrogen and oxygen atoms in total. The molecular weight excluding hydrogens is 756 g/mol. The summed E-state index contributed by atoms with van der Waals surface area (Å²) in [6.07, 6.45) is 25.8. The summed E-state index contributed by atoms with van der Waals surface area (Å²) in [5.74, 6) is 1.76. The summed E-state index contributed by atoms with van der Waals surface area (Å²) in [6, 6.07) is 9.73. The number of allylic oxidation sites excluding steroid dienone is 13. The number of hydrogen-bond donors (Lipinski definition) is 1. The summed E-state index contributed by atoms with van der Waals surface area (Å²) in [5.41, 5.74) is 14.3. The Balaban J connectivity index is 2.16. The van der Waals surface area contributed by atoms with Gasteiger partial charge in [-0.25, -0.2) is 0 Å². The Kier molecular flexibility index (Phi) is 17.6. The summed E-state index contributed by atoms with van der Waals surface area (Å²) in [6.45, 7) is 45.7. The minimum absolute atomic E-state index is 0.0858. The van der Waals surface area contributed by atoms with Crippen LogP contribution in [-0.4, -0.2) is 24.7 Å². The van der Waals surface area contributed by atoms with Crippen LogP contribution in [0.15, 0.2) is 130 Å². The van der Waals surface area contributed by atoms with Gasteiger partial charge in [-0.1, -0.05) is 161 Å². The predicted octanol–water partition coefficient (Wildman–Crippen LogP) is 16.2. The third-order valence-corrected chi connectivity index (χ3v) is 13.6. The number of hydrogen-bond acceptors (Lipinski definition) is 3. The van der Waals surface area contributed by atoms with Gasteiger partial charge >= 0.3 is 0 Å². The van der Waals surface area contributed by atoms with E-state index >= 15 is 0 Å². The van der Waals surface area contributed by atoms with E-state index in [0.29, 0.717) is 17.8 Å². The molecule has 1 aromatic heterocycles. The quantitative estimate of drug-likeness (QED) is 0.0832. The van der Waals surface area contributed by atoms with Gasteiger partial charge in [0, 0.05) is 34.9 Å². The third-order valence-electron chi connectivity index (χ3n) is 12.4. The number of nitrogens with one attached hydrogen (secondary N) is 1. The van der Waals surface area contributed by atoms with Crippen LogP contribution in [-0.2, 0) is 5.41 Å². The molecular formula is C57H85BN2S. The molecule has 1 fully saturated rings. The number of rotatable bonds is 15. The van der Waals surface area contributed by atoms with Crippen LogP contribution >= 0.6 is 11.3 Å². The van der Waals surface area contributed by atoms with Gasteiger partial charge in [-0.2, -0.15) is 0 Å². The minimum Gasteiger partial charge on any atom is -0.316 e. The topological polar surface area (TPSA) is 15.3 Å². The zero-order valence-electron chi connectivity index (χ0n) is 42.0. The Bertz CT molecular complexity index is 2090. The van der Waals surface area contributed by atoms with E-state index in [2.05, 4.69) is 207 Å². The molecule has 4 rings (SSSR count). The molecule has 61 heavy (non-hydrogen) atoms. The number of nitrogens with zero attached hydrogens (tertiary/aromatic N) is 1. The van der Waals surface area contributed by atoms with E-state index in [1.54, 1.807) is 5.57 Å². The van der Waals surface area contributed by atoms with Crippen molar-refractivity contribution in [1.82, 2.24) is 10.2 Å². The molecule has 1 aliphatic carbocycles. The normalized spacial score (nSPS) is 20.0. The van der Waals surface area contributed by atoms with Crippen molar-refractivity contribution in [1.29, 1.82) is 0 Å². The second-order valence-corrected chi connectivity index (χ2v) is 23.5. The van der Waals surface area contributed by atoms with Gasteiger partial charge in [0.15, 0.2) is 0 Å². The van der Waals surface area contributed by atoms with Gasteiger partial charge in [0.1, 0.15) is 0 Å². The lowest BCUT2D eigenvalue weighted by Gasteiger charge is -2.41. The highest BCUT2D eigenvalue weighted by Gasteiger charge is 2.39. The monoisotopic (exact) mass is 841 g/mol. The van der Waals surface area contributed by atoms with E-state index < -0.39 is 0 Å². The molecule has 1 N–H and O–H groups in total. The first-order valence-corrected chi connectivity index (χ1v) is 24.4. The first-order chi connectivity index (χ1) is 28.4. The van der Waals surface area contributed by atoms with E-state index in [-0.39, 0.29) is 23.0 Å². The van der Waals surface area contributed by atoms with Crippen LogP contribution in [0.25, 0.3) is 10.1 Å². The summed E-state index contributed by atoms with van der Waals surface area (Å²) in [5, 5.41) is 5.35. The fourth-order valence-electron chi connectivity index (χ4n) is 8.70. The highest BCUT2D eigenvalue weighted by molar-refractivity contribution is 7.30. The molecule has 1 aromatic carbocycles.